The highest BCUT2D eigenvalue weighted by molar-refractivity contribution is 5.94. The highest BCUT2D eigenvalue weighted by atomic mass is 16.1. The standard InChI is InChI=1S/C11H15NO/c1-4-12-11(13)10-6-5-8(2)9(3)7-10/h5-7H,4H2,1-3H3,(H,12,13). The third-order valence-corrected chi connectivity index (χ3v) is 2.11. The van der Waals surface area contributed by atoms with Crippen LogP contribution in [0.3, 0.4) is 0 Å². The minimum Gasteiger partial charge on any atom is -0.352 e. The maximum Gasteiger partial charge on any atom is 0.251 e. The van der Waals surface area contributed by atoms with Gasteiger partial charge in [-0.1, -0.05) is 6.07 Å². The molecule has 0 aliphatic rings. The molecule has 0 aliphatic carbocycles. The van der Waals surface area contributed by atoms with Crippen LogP contribution in [0.5, 0.6) is 0 Å². The van der Waals surface area contributed by atoms with Crippen LogP contribution in [-0.4, -0.2) is 12.5 Å². The van der Waals surface area contributed by atoms with Crippen molar-refractivity contribution in [3.05, 3.63) is 34.9 Å². The molecule has 2 nitrogen and oxygen atoms in total. The predicted molar refractivity (Wildman–Crippen MR) is 53.9 cm³/mol. The van der Waals surface area contributed by atoms with E-state index in [-0.39, 0.29) is 5.91 Å². The zero-order valence-electron chi connectivity index (χ0n) is 8.35. The number of hydrogen-bond donors (Lipinski definition) is 1. The summed E-state index contributed by atoms with van der Waals surface area (Å²) in [4.78, 5) is 11.4. The number of carbonyl (C=O) groups excluding carboxylic acids is 1. The van der Waals surface area contributed by atoms with Gasteiger partial charge in [0.25, 0.3) is 5.91 Å². The van der Waals surface area contributed by atoms with Gasteiger partial charge in [-0.2, -0.15) is 0 Å². The second-order valence-electron chi connectivity index (χ2n) is 3.16. The molecule has 0 aromatic heterocycles. The van der Waals surface area contributed by atoms with Gasteiger partial charge in [0.1, 0.15) is 0 Å². The summed E-state index contributed by atoms with van der Waals surface area (Å²) in [6.07, 6.45) is 0. The molecule has 2 heteroatoms. The molecular formula is C11H15NO. The van der Waals surface area contributed by atoms with Gasteiger partial charge in [-0.3, -0.25) is 4.79 Å². The molecule has 1 amide bonds. The predicted octanol–water partition coefficient (Wildman–Crippen LogP) is 2.05. The third-order valence-electron chi connectivity index (χ3n) is 2.11. The van der Waals surface area contributed by atoms with Crippen LogP contribution in [0.4, 0.5) is 0 Å². The van der Waals surface area contributed by atoms with Crippen LogP contribution in [0.25, 0.3) is 0 Å². The van der Waals surface area contributed by atoms with E-state index in [0.29, 0.717) is 6.54 Å². The van der Waals surface area contributed by atoms with Crippen LogP contribution in [0, 0.1) is 13.8 Å². The molecular weight excluding hydrogens is 162 g/mol. The van der Waals surface area contributed by atoms with Gasteiger partial charge < -0.3 is 5.32 Å². The Bertz CT molecular complexity index is 318. The maximum atomic E-state index is 11.4. The van der Waals surface area contributed by atoms with E-state index >= 15 is 0 Å². The zero-order chi connectivity index (χ0) is 9.84. The van der Waals surface area contributed by atoms with E-state index in [1.165, 1.54) is 5.56 Å². The van der Waals surface area contributed by atoms with Crippen molar-refractivity contribution >= 4 is 5.91 Å². The topological polar surface area (TPSA) is 29.1 Å². The number of aryl methyl sites for hydroxylation is 2. The summed E-state index contributed by atoms with van der Waals surface area (Å²) in [5.74, 6) is 0.00519. The minimum absolute atomic E-state index is 0.00519. The Hall–Kier alpha value is -1.31. The Morgan fingerprint density at radius 3 is 2.54 bits per heavy atom. The number of rotatable bonds is 2. The molecule has 0 fully saturated rings. The Labute approximate surface area is 79.0 Å². The van der Waals surface area contributed by atoms with Crippen molar-refractivity contribution in [2.75, 3.05) is 6.54 Å². The van der Waals surface area contributed by atoms with E-state index in [1.807, 2.05) is 39.0 Å². The van der Waals surface area contributed by atoms with Gasteiger partial charge in [0.15, 0.2) is 0 Å². The number of hydrogen-bond acceptors (Lipinski definition) is 1. The fraction of sp³-hybridized carbons (Fsp3) is 0.364. The summed E-state index contributed by atoms with van der Waals surface area (Å²) in [5.41, 5.74) is 3.11. The lowest BCUT2D eigenvalue weighted by molar-refractivity contribution is 0.0956. The molecule has 0 spiro atoms. The second kappa shape index (κ2) is 4.08. The zero-order valence-corrected chi connectivity index (χ0v) is 8.35. The monoisotopic (exact) mass is 177 g/mol. The third kappa shape index (κ3) is 2.31. The fourth-order valence-corrected chi connectivity index (χ4v) is 1.15. The summed E-state index contributed by atoms with van der Waals surface area (Å²) < 4.78 is 0. The van der Waals surface area contributed by atoms with Crippen molar-refractivity contribution in [1.82, 2.24) is 5.32 Å². The van der Waals surface area contributed by atoms with E-state index in [4.69, 9.17) is 0 Å². The lowest BCUT2D eigenvalue weighted by Gasteiger charge is -2.04. The second-order valence-corrected chi connectivity index (χ2v) is 3.16. The number of nitrogens with one attached hydrogen (secondary N) is 1. The summed E-state index contributed by atoms with van der Waals surface area (Å²) in [6.45, 7) is 6.64. The van der Waals surface area contributed by atoms with E-state index in [2.05, 4.69) is 5.32 Å². The van der Waals surface area contributed by atoms with Crippen molar-refractivity contribution in [3.63, 3.8) is 0 Å². The highest BCUT2D eigenvalue weighted by Crippen LogP contribution is 2.09. The molecule has 0 heterocycles. The Morgan fingerprint density at radius 2 is 2.00 bits per heavy atom. The van der Waals surface area contributed by atoms with Crippen LogP contribution >= 0.6 is 0 Å². The fourth-order valence-electron chi connectivity index (χ4n) is 1.15. The molecule has 0 aliphatic heterocycles. The first-order valence-electron chi connectivity index (χ1n) is 4.50. The summed E-state index contributed by atoms with van der Waals surface area (Å²) in [5, 5.41) is 2.77. The normalized spacial score (nSPS) is 9.77. The lowest BCUT2D eigenvalue weighted by atomic mass is 10.1. The van der Waals surface area contributed by atoms with Crippen LogP contribution in [0.15, 0.2) is 18.2 Å². The molecule has 0 saturated carbocycles. The van der Waals surface area contributed by atoms with E-state index in [0.717, 1.165) is 11.1 Å². The first-order valence-corrected chi connectivity index (χ1v) is 4.50. The van der Waals surface area contributed by atoms with E-state index in [1.54, 1.807) is 0 Å². The smallest absolute Gasteiger partial charge is 0.251 e. The molecule has 0 radical (unpaired) electrons. The van der Waals surface area contributed by atoms with E-state index in [9.17, 15) is 4.79 Å². The van der Waals surface area contributed by atoms with Crippen molar-refractivity contribution in [3.8, 4) is 0 Å². The summed E-state index contributed by atoms with van der Waals surface area (Å²) >= 11 is 0. The quantitative estimate of drug-likeness (QED) is 0.736. The van der Waals surface area contributed by atoms with Gasteiger partial charge in [0, 0.05) is 12.1 Å². The lowest BCUT2D eigenvalue weighted by Crippen LogP contribution is -2.22. The maximum absolute atomic E-state index is 11.4. The van der Waals surface area contributed by atoms with Crippen molar-refractivity contribution in [2.45, 2.75) is 20.8 Å². The molecule has 1 rings (SSSR count). The molecule has 0 saturated heterocycles. The molecule has 0 atom stereocenters. The molecule has 1 aromatic rings. The average Bonchev–Trinajstić information content (AvgIpc) is 2.10. The Balaban J connectivity index is 2.90. The minimum atomic E-state index is 0.00519. The molecule has 0 bridgehead atoms. The average molecular weight is 177 g/mol. The van der Waals surface area contributed by atoms with Gasteiger partial charge >= 0.3 is 0 Å². The van der Waals surface area contributed by atoms with Gasteiger partial charge in [-0.05, 0) is 44.0 Å². The van der Waals surface area contributed by atoms with Crippen LogP contribution in [0.2, 0.25) is 0 Å². The van der Waals surface area contributed by atoms with Crippen molar-refractivity contribution in [1.29, 1.82) is 0 Å². The molecule has 1 aromatic carbocycles. The van der Waals surface area contributed by atoms with Crippen LogP contribution in [0.1, 0.15) is 28.4 Å². The molecule has 0 unspecified atom stereocenters. The van der Waals surface area contributed by atoms with Crippen molar-refractivity contribution in [2.24, 2.45) is 0 Å². The first kappa shape index (κ1) is 9.78. The van der Waals surface area contributed by atoms with Crippen LogP contribution in [-0.2, 0) is 0 Å². The van der Waals surface area contributed by atoms with Crippen LogP contribution < -0.4 is 5.32 Å². The van der Waals surface area contributed by atoms with Crippen molar-refractivity contribution < 1.29 is 4.79 Å². The van der Waals surface area contributed by atoms with Gasteiger partial charge in [0.2, 0.25) is 0 Å². The van der Waals surface area contributed by atoms with Gasteiger partial charge in [-0.25, -0.2) is 0 Å². The molecule has 1 N–H and O–H groups in total. The first-order chi connectivity index (χ1) is 6.15. The van der Waals surface area contributed by atoms with E-state index < -0.39 is 0 Å². The number of benzene rings is 1. The summed E-state index contributed by atoms with van der Waals surface area (Å²) in [7, 11) is 0. The highest BCUT2D eigenvalue weighted by Gasteiger charge is 2.03. The van der Waals surface area contributed by atoms with Gasteiger partial charge in [0.05, 0.1) is 0 Å². The Kier molecular flexibility index (Phi) is 3.07. The number of carbonyl (C=O) groups is 1. The number of amides is 1. The largest absolute Gasteiger partial charge is 0.352 e. The van der Waals surface area contributed by atoms with Gasteiger partial charge in [-0.15, -0.1) is 0 Å². The Morgan fingerprint density at radius 1 is 1.31 bits per heavy atom. The SMILES string of the molecule is CCNC(=O)c1ccc(C)c(C)c1. The summed E-state index contributed by atoms with van der Waals surface area (Å²) in [6, 6.07) is 5.74. The molecule has 13 heavy (non-hydrogen) atoms. The molecule has 70 valence electrons.